The van der Waals surface area contributed by atoms with Crippen LogP contribution in [0.15, 0.2) is 65.8 Å². The number of hydrogen-bond acceptors (Lipinski definition) is 5. The van der Waals surface area contributed by atoms with Crippen LogP contribution in [0.4, 0.5) is 0 Å². The van der Waals surface area contributed by atoms with Gasteiger partial charge in [0.2, 0.25) is 0 Å². The van der Waals surface area contributed by atoms with E-state index in [1.165, 1.54) is 11.1 Å². The lowest BCUT2D eigenvalue weighted by atomic mass is 9.98. The molecule has 0 aromatic heterocycles. The van der Waals surface area contributed by atoms with E-state index in [1.807, 2.05) is 36.4 Å². The van der Waals surface area contributed by atoms with Crippen LogP contribution in [0, 0.1) is 4.91 Å². The molecule has 24 heavy (non-hydrogen) atoms. The Bertz CT molecular complexity index is 570. The zero-order valence-electron chi connectivity index (χ0n) is 13.6. The first-order valence-electron chi connectivity index (χ1n) is 8.31. The molecule has 1 fully saturated rings. The molecule has 0 radical (unpaired) electrons. The van der Waals surface area contributed by atoms with Crippen LogP contribution in [-0.2, 0) is 17.8 Å². The van der Waals surface area contributed by atoms with Crippen molar-refractivity contribution < 1.29 is 4.74 Å². The van der Waals surface area contributed by atoms with E-state index in [4.69, 9.17) is 4.74 Å². The number of nitroso groups, excluding NO2 is 1. The Balaban J connectivity index is 1.56. The molecule has 3 rings (SSSR count). The molecule has 0 spiro atoms. The average Bonchev–Trinajstić information content (AvgIpc) is 2.66. The highest BCUT2D eigenvalue weighted by Crippen LogP contribution is 2.14. The van der Waals surface area contributed by atoms with Gasteiger partial charge in [0.05, 0.1) is 25.3 Å². The van der Waals surface area contributed by atoms with Crippen molar-refractivity contribution in [1.82, 2.24) is 10.6 Å². The topological polar surface area (TPSA) is 62.7 Å². The molecule has 2 aromatic rings. The quantitative estimate of drug-likeness (QED) is 0.768. The Kier molecular flexibility index (Phi) is 6.07. The van der Waals surface area contributed by atoms with E-state index >= 15 is 0 Å². The molecular weight excluding hydrogens is 302 g/mol. The van der Waals surface area contributed by atoms with Gasteiger partial charge in [0, 0.05) is 13.1 Å². The number of rotatable bonds is 7. The van der Waals surface area contributed by atoms with Crippen LogP contribution in [0.3, 0.4) is 0 Å². The summed E-state index contributed by atoms with van der Waals surface area (Å²) >= 11 is 0. The summed E-state index contributed by atoms with van der Waals surface area (Å²) in [6.45, 7) is 2.41. The maximum absolute atomic E-state index is 11.4. The summed E-state index contributed by atoms with van der Waals surface area (Å²) in [7, 11) is 0. The molecule has 1 aliphatic heterocycles. The maximum atomic E-state index is 11.4. The largest absolute Gasteiger partial charge is 0.378 e. The van der Waals surface area contributed by atoms with Gasteiger partial charge in [-0.3, -0.25) is 0 Å². The second kappa shape index (κ2) is 8.68. The van der Waals surface area contributed by atoms with Crippen molar-refractivity contribution >= 4 is 0 Å². The Morgan fingerprint density at radius 3 is 1.71 bits per heavy atom. The molecule has 1 heterocycles. The average molecular weight is 325 g/mol. The van der Waals surface area contributed by atoms with E-state index in [-0.39, 0.29) is 18.1 Å². The molecule has 0 bridgehead atoms. The number of hydrogen-bond donors (Lipinski definition) is 2. The smallest absolute Gasteiger partial charge is 0.127 e. The number of ether oxygens (including phenoxy) is 1. The highest BCUT2D eigenvalue weighted by Gasteiger charge is 2.34. The van der Waals surface area contributed by atoms with E-state index in [1.54, 1.807) is 0 Å². The number of benzene rings is 2. The van der Waals surface area contributed by atoms with Gasteiger partial charge in [-0.05, 0) is 11.1 Å². The molecule has 5 nitrogen and oxygen atoms in total. The molecule has 2 N–H and O–H groups in total. The van der Waals surface area contributed by atoms with Crippen molar-refractivity contribution in [2.75, 3.05) is 13.2 Å². The second-order valence-corrected chi connectivity index (χ2v) is 6.08. The molecule has 126 valence electrons. The van der Waals surface area contributed by atoms with Crippen molar-refractivity contribution in [2.24, 2.45) is 5.18 Å². The molecule has 1 saturated heterocycles. The zero-order chi connectivity index (χ0) is 16.6. The van der Waals surface area contributed by atoms with Gasteiger partial charge >= 0.3 is 0 Å². The van der Waals surface area contributed by atoms with Crippen molar-refractivity contribution in [3.05, 3.63) is 76.7 Å². The summed E-state index contributed by atoms with van der Waals surface area (Å²) in [5.41, 5.74) is 2.36. The summed E-state index contributed by atoms with van der Waals surface area (Å²) in [4.78, 5) is 11.4. The fourth-order valence-corrected chi connectivity index (χ4v) is 3.00. The Hall–Kier alpha value is -2.08. The van der Waals surface area contributed by atoms with Gasteiger partial charge in [-0.25, -0.2) is 0 Å². The highest BCUT2D eigenvalue weighted by molar-refractivity contribution is 5.16. The lowest BCUT2D eigenvalue weighted by Crippen LogP contribution is -2.57. The number of nitrogens with zero attached hydrogens (tertiary/aromatic N) is 1. The van der Waals surface area contributed by atoms with Crippen LogP contribution in [-0.4, -0.2) is 31.3 Å². The van der Waals surface area contributed by atoms with Crippen LogP contribution >= 0.6 is 0 Å². The molecule has 1 aliphatic rings. The van der Waals surface area contributed by atoms with Crippen LogP contribution in [0.25, 0.3) is 0 Å². The molecule has 0 amide bonds. The second-order valence-electron chi connectivity index (χ2n) is 6.08. The molecule has 0 aliphatic carbocycles. The SMILES string of the molecule is O=N[C@@H]1[C@@H](NCc2ccccc2)COC[C@H]1NCc1ccccc1. The van der Waals surface area contributed by atoms with Gasteiger partial charge < -0.3 is 15.4 Å². The fourth-order valence-electron chi connectivity index (χ4n) is 3.00. The molecule has 2 aromatic carbocycles. The summed E-state index contributed by atoms with van der Waals surface area (Å²) in [6, 6.07) is 19.8. The first-order valence-corrected chi connectivity index (χ1v) is 8.31. The molecule has 0 unspecified atom stereocenters. The number of nitrogens with one attached hydrogen (secondary N) is 2. The summed E-state index contributed by atoms with van der Waals surface area (Å²) in [6.07, 6.45) is 0. The van der Waals surface area contributed by atoms with E-state index < -0.39 is 0 Å². The molecule has 0 saturated carbocycles. The van der Waals surface area contributed by atoms with Crippen molar-refractivity contribution in [1.29, 1.82) is 0 Å². The summed E-state index contributed by atoms with van der Waals surface area (Å²) in [5, 5.41) is 10.2. The Labute approximate surface area is 142 Å². The summed E-state index contributed by atoms with van der Waals surface area (Å²) in [5.74, 6) is 0. The molecule has 5 heteroatoms. The fraction of sp³-hybridized carbons (Fsp3) is 0.368. The van der Waals surface area contributed by atoms with Gasteiger partial charge in [-0.2, -0.15) is 4.91 Å². The maximum Gasteiger partial charge on any atom is 0.127 e. The van der Waals surface area contributed by atoms with Gasteiger partial charge in [0.15, 0.2) is 0 Å². The third-order valence-corrected chi connectivity index (χ3v) is 4.36. The van der Waals surface area contributed by atoms with Gasteiger partial charge in [0.25, 0.3) is 0 Å². The lowest BCUT2D eigenvalue weighted by Gasteiger charge is -2.35. The van der Waals surface area contributed by atoms with Crippen molar-refractivity contribution in [2.45, 2.75) is 31.2 Å². The van der Waals surface area contributed by atoms with Crippen LogP contribution in [0.2, 0.25) is 0 Å². The predicted molar refractivity (Wildman–Crippen MR) is 94.5 cm³/mol. The third-order valence-electron chi connectivity index (χ3n) is 4.36. The van der Waals surface area contributed by atoms with Crippen LogP contribution < -0.4 is 10.6 Å². The van der Waals surface area contributed by atoms with E-state index in [2.05, 4.69) is 40.1 Å². The Morgan fingerprint density at radius 2 is 1.29 bits per heavy atom. The highest BCUT2D eigenvalue weighted by atomic mass is 16.5. The van der Waals surface area contributed by atoms with Crippen molar-refractivity contribution in [3.63, 3.8) is 0 Å². The monoisotopic (exact) mass is 325 g/mol. The Morgan fingerprint density at radius 1 is 0.833 bits per heavy atom. The van der Waals surface area contributed by atoms with E-state index in [0.717, 1.165) is 0 Å². The summed E-state index contributed by atoms with van der Waals surface area (Å²) < 4.78 is 5.68. The zero-order valence-corrected chi connectivity index (χ0v) is 13.6. The lowest BCUT2D eigenvalue weighted by molar-refractivity contribution is 0.0323. The minimum atomic E-state index is -0.342. The van der Waals surface area contributed by atoms with Gasteiger partial charge in [0.1, 0.15) is 6.04 Å². The van der Waals surface area contributed by atoms with Crippen LogP contribution in [0.5, 0.6) is 0 Å². The van der Waals surface area contributed by atoms with E-state index in [0.29, 0.717) is 26.3 Å². The predicted octanol–water partition coefficient (Wildman–Crippen LogP) is 2.47. The van der Waals surface area contributed by atoms with Gasteiger partial charge in [-0.1, -0.05) is 65.8 Å². The first kappa shape index (κ1) is 16.8. The first-order chi connectivity index (χ1) is 11.9. The standard InChI is InChI=1S/C19H23N3O2/c23-22-19-17(20-11-15-7-3-1-4-8-15)13-24-14-18(19)21-12-16-9-5-2-6-10-16/h1-10,17-21H,11-14H2/t17-,18+,19+. The normalized spacial score (nSPS) is 23.8. The van der Waals surface area contributed by atoms with Crippen LogP contribution in [0.1, 0.15) is 11.1 Å². The van der Waals surface area contributed by atoms with E-state index in [9.17, 15) is 4.91 Å². The van der Waals surface area contributed by atoms with Crippen molar-refractivity contribution in [3.8, 4) is 0 Å². The molecule has 3 atom stereocenters. The molecular formula is C19H23N3O2. The van der Waals surface area contributed by atoms with Gasteiger partial charge in [-0.15, -0.1) is 0 Å². The third kappa shape index (κ3) is 4.47. The minimum absolute atomic E-state index is 0.0790. The minimum Gasteiger partial charge on any atom is -0.378 e.